The molecule has 0 bridgehead atoms. The molecule has 1 N–H and O–H groups in total. The zero-order valence-electron chi connectivity index (χ0n) is 12.2. The summed E-state index contributed by atoms with van der Waals surface area (Å²) in [6, 6.07) is 7.39. The van der Waals surface area contributed by atoms with Crippen molar-refractivity contribution in [2.75, 3.05) is 7.05 Å². The Labute approximate surface area is 135 Å². The summed E-state index contributed by atoms with van der Waals surface area (Å²) < 4.78 is 5.69. The summed E-state index contributed by atoms with van der Waals surface area (Å²) in [6.07, 6.45) is 3.62. The van der Waals surface area contributed by atoms with Gasteiger partial charge in [-0.05, 0) is 50.2 Å². The van der Waals surface area contributed by atoms with Gasteiger partial charge in [0.2, 0.25) is 0 Å². The van der Waals surface area contributed by atoms with Gasteiger partial charge in [-0.3, -0.25) is 4.98 Å². The van der Waals surface area contributed by atoms with Gasteiger partial charge < -0.3 is 10.1 Å². The Morgan fingerprint density at radius 2 is 1.90 bits per heavy atom. The van der Waals surface area contributed by atoms with E-state index in [9.17, 15) is 0 Å². The first-order chi connectivity index (χ1) is 10.0. The van der Waals surface area contributed by atoms with Gasteiger partial charge in [-0.1, -0.05) is 29.3 Å². The molecule has 1 unspecified atom stereocenters. The van der Waals surface area contributed by atoms with Gasteiger partial charge in [0.15, 0.2) is 0 Å². The summed E-state index contributed by atoms with van der Waals surface area (Å²) in [4.78, 5) is 4.25. The van der Waals surface area contributed by atoms with Gasteiger partial charge >= 0.3 is 0 Å². The van der Waals surface area contributed by atoms with Gasteiger partial charge in [-0.25, -0.2) is 0 Å². The highest BCUT2D eigenvalue weighted by molar-refractivity contribution is 6.35. The van der Waals surface area contributed by atoms with Crippen molar-refractivity contribution >= 4 is 23.2 Å². The smallest absolute Gasteiger partial charge is 0.138 e. The second-order valence-corrected chi connectivity index (χ2v) is 5.85. The number of aromatic nitrogens is 1. The van der Waals surface area contributed by atoms with E-state index in [1.54, 1.807) is 18.5 Å². The number of halogens is 2. The lowest BCUT2D eigenvalue weighted by Gasteiger charge is -2.19. The quantitative estimate of drug-likeness (QED) is 0.880. The van der Waals surface area contributed by atoms with Crippen LogP contribution in [-0.4, -0.2) is 18.1 Å². The molecule has 0 aliphatic carbocycles. The Bertz CT molecular complexity index is 617. The number of ether oxygens (including phenoxy) is 1. The molecule has 1 heterocycles. The predicted octanol–water partition coefficient (Wildman–Crippen LogP) is 4.48. The molecule has 3 nitrogen and oxygen atoms in total. The lowest BCUT2D eigenvalue weighted by atomic mass is 10.00. The average Bonchev–Trinajstić information content (AvgIpc) is 2.41. The first-order valence-electron chi connectivity index (χ1n) is 6.75. The number of nitrogens with zero attached hydrogens (tertiary/aromatic N) is 1. The van der Waals surface area contributed by atoms with E-state index in [0.29, 0.717) is 10.0 Å². The molecule has 0 radical (unpaired) electrons. The molecule has 5 heteroatoms. The molecular formula is C16H18Cl2N2O. The van der Waals surface area contributed by atoms with Gasteiger partial charge in [-0.2, -0.15) is 0 Å². The second kappa shape index (κ2) is 7.12. The molecule has 0 aliphatic rings. The zero-order chi connectivity index (χ0) is 15.4. The third-order valence-electron chi connectivity index (χ3n) is 3.00. The van der Waals surface area contributed by atoms with Crippen molar-refractivity contribution in [3.05, 3.63) is 57.8 Å². The molecule has 21 heavy (non-hydrogen) atoms. The normalized spacial score (nSPS) is 12.5. The Morgan fingerprint density at radius 3 is 2.52 bits per heavy atom. The van der Waals surface area contributed by atoms with E-state index in [1.165, 1.54) is 0 Å². The van der Waals surface area contributed by atoms with Crippen LogP contribution >= 0.6 is 23.2 Å². The van der Waals surface area contributed by atoms with E-state index < -0.39 is 0 Å². The average molecular weight is 325 g/mol. The van der Waals surface area contributed by atoms with Gasteiger partial charge in [0, 0.05) is 16.2 Å². The van der Waals surface area contributed by atoms with E-state index >= 15 is 0 Å². The molecule has 112 valence electrons. The van der Waals surface area contributed by atoms with Crippen LogP contribution in [0.2, 0.25) is 10.0 Å². The van der Waals surface area contributed by atoms with Crippen molar-refractivity contribution in [1.82, 2.24) is 10.3 Å². The summed E-state index contributed by atoms with van der Waals surface area (Å²) in [5.41, 5.74) is 1.94. The molecule has 0 spiro atoms. The molecule has 0 aliphatic heterocycles. The maximum absolute atomic E-state index is 6.30. The van der Waals surface area contributed by atoms with Crippen LogP contribution in [0.5, 0.6) is 5.75 Å². The molecule has 0 saturated carbocycles. The van der Waals surface area contributed by atoms with E-state index in [1.807, 2.05) is 39.1 Å². The van der Waals surface area contributed by atoms with Crippen molar-refractivity contribution in [2.45, 2.75) is 26.0 Å². The number of nitrogens with one attached hydrogen (secondary N) is 1. The Balaban J connectivity index is 2.37. The standard InChI is InChI=1S/C16H18Cl2N2O/c1-10(2)21-13-6-11(8-20-9-13)16(19-3)14-5-4-12(17)7-15(14)18/h4-10,16,19H,1-3H3. The van der Waals surface area contributed by atoms with Crippen LogP contribution in [0.4, 0.5) is 0 Å². The van der Waals surface area contributed by atoms with E-state index in [-0.39, 0.29) is 12.1 Å². The van der Waals surface area contributed by atoms with Crippen molar-refractivity contribution in [1.29, 1.82) is 0 Å². The first-order valence-corrected chi connectivity index (χ1v) is 7.50. The number of benzene rings is 1. The van der Waals surface area contributed by atoms with Gasteiger partial charge in [0.05, 0.1) is 18.3 Å². The van der Waals surface area contributed by atoms with Crippen molar-refractivity contribution in [3.63, 3.8) is 0 Å². The molecule has 0 fully saturated rings. The maximum Gasteiger partial charge on any atom is 0.138 e. The Kier molecular flexibility index (Phi) is 5.45. The Hall–Kier alpha value is -1.29. The third kappa shape index (κ3) is 4.10. The molecule has 0 amide bonds. The largest absolute Gasteiger partial charge is 0.489 e. The molecule has 1 aromatic carbocycles. The highest BCUT2D eigenvalue weighted by Crippen LogP contribution is 2.31. The highest BCUT2D eigenvalue weighted by atomic mass is 35.5. The van der Waals surface area contributed by atoms with Crippen LogP contribution in [0.3, 0.4) is 0 Å². The third-order valence-corrected chi connectivity index (χ3v) is 3.56. The minimum absolute atomic E-state index is 0.0713. The van der Waals surface area contributed by atoms with Gasteiger partial charge in [0.25, 0.3) is 0 Å². The van der Waals surface area contributed by atoms with Crippen LogP contribution in [0.1, 0.15) is 31.0 Å². The number of hydrogen-bond acceptors (Lipinski definition) is 3. The predicted molar refractivity (Wildman–Crippen MR) is 87.4 cm³/mol. The van der Waals surface area contributed by atoms with Crippen molar-refractivity contribution in [3.8, 4) is 5.75 Å². The second-order valence-electron chi connectivity index (χ2n) is 5.01. The molecule has 2 rings (SSSR count). The lowest BCUT2D eigenvalue weighted by Crippen LogP contribution is -2.18. The topological polar surface area (TPSA) is 34.2 Å². The maximum atomic E-state index is 6.30. The molecular weight excluding hydrogens is 307 g/mol. The fraction of sp³-hybridized carbons (Fsp3) is 0.312. The minimum Gasteiger partial charge on any atom is -0.489 e. The molecule has 0 saturated heterocycles. The number of hydrogen-bond donors (Lipinski definition) is 1. The summed E-state index contributed by atoms with van der Waals surface area (Å²) in [5.74, 6) is 0.743. The summed E-state index contributed by atoms with van der Waals surface area (Å²) in [5, 5.41) is 4.49. The summed E-state index contributed by atoms with van der Waals surface area (Å²) in [7, 11) is 1.88. The first kappa shape index (κ1) is 16.1. The minimum atomic E-state index is -0.0713. The summed E-state index contributed by atoms with van der Waals surface area (Å²) >= 11 is 12.3. The fourth-order valence-corrected chi connectivity index (χ4v) is 2.69. The monoisotopic (exact) mass is 324 g/mol. The number of rotatable bonds is 5. The lowest BCUT2D eigenvalue weighted by molar-refractivity contribution is 0.241. The van der Waals surface area contributed by atoms with Crippen LogP contribution in [0.25, 0.3) is 0 Å². The SMILES string of the molecule is CNC(c1cncc(OC(C)C)c1)c1ccc(Cl)cc1Cl. The van der Waals surface area contributed by atoms with E-state index in [0.717, 1.165) is 16.9 Å². The van der Waals surface area contributed by atoms with E-state index in [2.05, 4.69) is 10.3 Å². The van der Waals surface area contributed by atoms with Gasteiger partial charge in [0.1, 0.15) is 5.75 Å². The Morgan fingerprint density at radius 1 is 1.14 bits per heavy atom. The highest BCUT2D eigenvalue weighted by Gasteiger charge is 2.16. The molecule has 2 aromatic rings. The van der Waals surface area contributed by atoms with Crippen LogP contribution in [0, 0.1) is 0 Å². The van der Waals surface area contributed by atoms with Crippen molar-refractivity contribution in [2.24, 2.45) is 0 Å². The molecule has 1 aromatic heterocycles. The fourth-order valence-electron chi connectivity index (χ4n) is 2.17. The van der Waals surface area contributed by atoms with Gasteiger partial charge in [-0.15, -0.1) is 0 Å². The van der Waals surface area contributed by atoms with Crippen molar-refractivity contribution < 1.29 is 4.74 Å². The van der Waals surface area contributed by atoms with E-state index in [4.69, 9.17) is 27.9 Å². The summed E-state index contributed by atoms with van der Waals surface area (Å²) in [6.45, 7) is 3.97. The zero-order valence-corrected chi connectivity index (χ0v) is 13.7. The van der Waals surface area contributed by atoms with Crippen LogP contribution in [0.15, 0.2) is 36.7 Å². The number of pyridine rings is 1. The van der Waals surface area contributed by atoms with Crippen LogP contribution in [-0.2, 0) is 0 Å². The molecule has 1 atom stereocenters. The van der Waals surface area contributed by atoms with Crippen LogP contribution < -0.4 is 10.1 Å².